The van der Waals surface area contributed by atoms with E-state index in [0.29, 0.717) is 0 Å². The zero-order chi connectivity index (χ0) is 19.6. The maximum Gasteiger partial charge on any atom is 0.232 e. The second-order valence-electron chi connectivity index (χ2n) is 7.68. The number of hydrogen-bond donors (Lipinski definition) is 0. The number of nitrogens with zero attached hydrogens (tertiary/aromatic N) is 3. The van der Waals surface area contributed by atoms with Crippen LogP contribution in [0.4, 0.5) is 0 Å². The number of piperazine rings is 1. The van der Waals surface area contributed by atoms with Crippen molar-refractivity contribution in [3.63, 3.8) is 0 Å². The quantitative estimate of drug-likeness (QED) is 0.655. The van der Waals surface area contributed by atoms with Crippen LogP contribution in [0, 0.1) is 0 Å². The van der Waals surface area contributed by atoms with Crippen molar-refractivity contribution in [2.24, 2.45) is 0 Å². The van der Waals surface area contributed by atoms with Gasteiger partial charge >= 0.3 is 0 Å². The van der Waals surface area contributed by atoms with E-state index >= 15 is 0 Å². The molecular formula is C22H25N3O2S. The van der Waals surface area contributed by atoms with Crippen molar-refractivity contribution in [2.75, 3.05) is 26.2 Å². The molecule has 1 aliphatic heterocycles. The molecule has 1 aromatic carbocycles. The summed E-state index contributed by atoms with van der Waals surface area (Å²) in [6, 6.07) is 13.9. The van der Waals surface area contributed by atoms with Crippen molar-refractivity contribution in [2.45, 2.75) is 25.8 Å². The summed E-state index contributed by atoms with van der Waals surface area (Å²) in [5.74, 6) is 1.02. The highest BCUT2D eigenvalue weighted by molar-refractivity contribution is 7.13. The highest BCUT2D eigenvalue weighted by Gasteiger charge is 2.35. The van der Waals surface area contributed by atoms with Crippen LogP contribution in [0.15, 0.2) is 58.5 Å². The van der Waals surface area contributed by atoms with Gasteiger partial charge < -0.3 is 9.32 Å². The topological polar surface area (TPSA) is 49.6 Å². The normalized spacial score (nSPS) is 15.7. The molecule has 0 atom stereocenters. The number of amides is 1. The molecule has 0 saturated carbocycles. The molecule has 6 heteroatoms. The number of thiazole rings is 1. The lowest BCUT2D eigenvalue weighted by atomic mass is 9.83. The monoisotopic (exact) mass is 395 g/mol. The molecule has 146 valence electrons. The Balaban J connectivity index is 1.34. The third-order valence-corrected chi connectivity index (χ3v) is 6.26. The number of carbonyl (C=O) groups excluding carboxylic acids is 1. The first-order chi connectivity index (χ1) is 13.5. The maximum absolute atomic E-state index is 13.1. The fourth-order valence-electron chi connectivity index (χ4n) is 3.60. The van der Waals surface area contributed by atoms with Crippen LogP contribution < -0.4 is 0 Å². The predicted octanol–water partition coefficient (Wildman–Crippen LogP) is 4.03. The number of carbonyl (C=O) groups is 1. The molecule has 4 rings (SSSR count). The fourth-order valence-corrected chi connectivity index (χ4v) is 4.38. The highest BCUT2D eigenvalue weighted by Crippen LogP contribution is 2.27. The van der Waals surface area contributed by atoms with Gasteiger partial charge in [0.1, 0.15) is 0 Å². The third-order valence-electron chi connectivity index (χ3n) is 5.36. The summed E-state index contributed by atoms with van der Waals surface area (Å²) < 4.78 is 5.42. The van der Waals surface area contributed by atoms with Gasteiger partial charge in [-0.25, -0.2) is 4.98 Å². The van der Waals surface area contributed by atoms with Crippen LogP contribution in [0.25, 0.3) is 10.8 Å². The standard InChI is InChI=1S/C22H25N3O2S/c1-22(2,17-7-4-3-5-8-17)21(26)25-12-10-24(11-13-25)15-18-16-28-20(23-18)19-9-6-14-27-19/h3-9,14,16H,10-13,15H2,1-2H3. The molecule has 28 heavy (non-hydrogen) atoms. The Labute approximate surface area is 169 Å². The van der Waals surface area contributed by atoms with E-state index < -0.39 is 5.41 Å². The van der Waals surface area contributed by atoms with Gasteiger partial charge in [-0.15, -0.1) is 11.3 Å². The minimum Gasteiger partial charge on any atom is -0.462 e. The van der Waals surface area contributed by atoms with Gasteiger partial charge in [0.05, 0.1) is 17.4 Å². The van der Waals surface area contributed by atoms with Crippen molar-refractivity contribution in [3.05, 3.63) is 65.4 Å². The zero-order valence-electron chi connectivity index (χ0n) is 16.3. The smallest absolute Gasteiger partial charge is 0.232 e. The largest absolute Gasteiger partial charge is 0.462 e. The molecule has 0 bridgehead atoms. The van der Waals surface area contributed by atoms with Crippen molar-refractivity contribution in [1.29, 1.82) is 0 Å². The van der Waals surface area contributed by atoms with E-state index in [1.54, 1.807) is 17.6 Å². The van der Waals surface area contributed by atoms with E-state index in [4.69, 9.17) is 4.42 Å². The maximum atomic E-state index is 13.1. The highest BCUT2D eigenvalue weighted by atomic mass is 32.1. The SMILES string of the molecule is CC(C)(C(=O)N1CCN(Cc2csc(-c3ccco3)n2)CC1)c1ccccc1. The summed E-state index contributed by atoms with van der Waals surface area (Å²) >= 11 is 1.61. The van der Waals surface area contributed by atoms with Gasteiger partial charge in [0, 0.05) is 38.1 Å². The third kappa shape index (κ3) is 3.88. The van der Waals surface area contributed by atoms with Crippen LogP contribution in [-0.2, 0) is 16.8 Å². The van der Waals surface area contributed by atoms with E-state index in [1.807, 2.05) is 61.2 Å². The summed E-state index contributed by atoms with van der Waals surface area (Å²) in [6.07, 6.45) is 1.67. The van der Waals surface area contributed by atoms with Crippen LogP contribution in [0.1, 0.15) is 25.1 Å². The van der Waals surface area contributed by atoms with E-state index in [0.717, 1.165) is 54.7 Å². The molecule has 1 aliphatic rings. The second kappa shape index (κ2) is 7.89. The van der Waals surface area contributed by atoms with Crippen LogP contribution in [0.2, 0.25) is 0 Å². The van der Waals surface area contributed by atoms with E-state index in [-0.39, 0.29) is 5.91 Å². The number of furan rings is 1. The van der Waals surface area contributed by atoms with E-state index in [2.05, 4.69) is 15.3 Å². The van der Waals surface area contributed by atoms with Gasteiger partial charge in [0.25, 0.3) is 0 Å². The van der Waals surface area contributed by atoms with Gasteiger partial charge in [-0.3, -0.25) is 9.69 Å². The summed E-state index contributed by atoms with van der Waals surface area (Å²) in [5, 5.41) is 3.01. The molecule has 5 nitrogen and oxygen atoms in total. The Morgan fingerprint density at radius 2 is 1.86 bits per heavy atom. The van der Waals surface area contributed by atoms with Gasteiger partial charge in [-0.2, -0.15) is 0 Å². The summed E-state index contributed by atoms with van der Waals surface area (Å²) in [4.78, 5) is 22.1. The molecular weight excluding hydrogens is 370 g/mol. The lowest BCUT2D eigenvalue weighted by molar-refractivity contribution is -0.138. The minimum absolute atomic E-state index is 0.201. The molecule has 0 aliphatic carbocycles. The van der Waals surface area contributed by atoms with Crippen molar-refractivity contribution >= 4 is 17.2 Å². The fraction of sp³-hybridized carbons (Fsp3) is 0.364. The lowest BCUT2D eigenvalue weighted by Crippen LogP contribution is -2.52. The molecule has 0 N–H and O–H groups in total. The molecule has 0 spiro atoms. The summed E-state index contributed by atoms with van der Waals surface area (Å²) in [5.41, 5.74) is 1.62. The van der Waals surface area contributed by atoms with Crippen LogP contribution in [0.3, 0.4) is 0 Å². The second-order valence-corrected chi connectivity index (χ2v) is 8.54. The Morgan fingerprint density at radius 1 is 1.11 bits per heavy atom. The molecule has 0 unspecified atom stereocenters. The number of benzene rings is 1. The van der Waals surface area contributed by atoms with Gasteiger partial charge in [0.15, 0.2) is 10.8 Å². The molecule has 2 aromatic heterocycles. The van der Waals surface area contributed by atoms with Gasteiger partial charge in [0.2, 0.25) is 5.91 Å². The number of hydrogen-bond acceptors (Lipinski definition) is 5. The average molecular weight is 396 g/mol. The molecule has 3 aromatic rings. The number of rotatable bonds is 5. The first-order valence-electron chi connectivity index (χ1n) is 9.59. The van der Waals surface area contributed by atoms with E-state index in [1.165, 1.54) is 0 Å². The zero-order valence-corrected chi connectivity index (χ0v) is 17.1. The first-order valence-corrected chi connectivity index (χ1v) is 10.5. The van der Waals surface area contributed by atoms with Crippen molar-refractivity contribution < 1.29 is 9.21 Å². The minimum atomic E-state index is -0.504. The number of aromatic nitrogens is 1. The molecule has 1 saturated heterocycles. The summed E-state index contributed by atoms with van der Waals surface area (Å²) in [6.45, 7) is 8.08. The molecule has 1 fully saturated rings. The van der Waals surface area contributed by atoms with Crippen molar-refractivity contribution in [3.8, 4) is 10.8 Å². The van der Waals surface area contributed by atoms with E-state index in [9.17, 15) is 4.79 Å². The van der Waals surface area contributed by atoms with Crippen LogP contribution >= 0.6 is 11.3 Å². The van der Waals surface area contributed by atoms with Crippen molar-refractivity contribution in [1.82, 2.24) is 14.8 Å². The summed E-state index contributed by atoms with van der Waals surface area (Å²) in [7, 11) is 0. The Morgan fingerprint density at radius 3 is 2.54 bits per heavy atom. The Bertz CT molecular complexity index is 910. The molecule has 0 radical (unpaired) electrons. The lowest BCUT2D eigenvalue weighted by Gasteiger charge is -2.38. The van der Waals surface area contributed by atoms with Gasteiger partial charge in [-0.1, -0.05) is 30.3 Å². The van der Waals surface area contributed by atoms with Crippen LogP contribution in [-0.4, -0.2) is 46.9 Å². The average Bonchev–Trinajstić information content (AvgIpc) is 3.40. The molecule has 3 heterocycles. The van der Waals surface area contributed by atoms with Crippen LogP contribution in [0.5, 0.6) is 0 Å². The van der Waals surface area contributed by atoms with Gasteiger partial charge in [-0.05, 0) is 31.5 Å². The predicted molar refractivity (Wildman–Crippen MR) is 111 cm³/mol. The Kier molecular flexibility index (Phi) is 5.33. The Hall–Kier alpha value is -2.44. The molecule has 1 amide bonds. The first kappa shape index (κ1) is 18.9.